The number of hydrogen-bond donors (Lipinski definition) is 1. The van der Waals surface area contributed by atoms with Crippen LogP contribution < -0.4 is 10.5 Å². The zero-order chi connectivity index (χ0) is 14.7. The van der Waals surface area contributed by atoms with Gasteiger partial charge in [-0.3, -0.25) is 0 Å². The zero-order valence-corrected chi connectivity index (χ0v) is 11.6. The summed E-state index contributed by atoms with van der Waals surface area (Å²) in [5.41, 5.74) is 7.47. The molecule has 106 valence electrons. The Hall–Kier alpha value is -1.65. The van der Waals surface area contributed by atoms with E-state index >= 15 is 0 Å². The van der Waals surface area contributed by atoms with E-state index in [1.165, 1.54) is 31.4 Å². The van der Waals surface area contributed by atoms with Crippen LogP contribution in [0.3, 0.4) is 0 Å². The highest BCUT2D eigenvalue weighted by Gasteiger charge is 2.12. The smallest absolute Gasteiger partial charge is 0.165 e. The Morgan fingerprint density at radius 1 is 1.15 bits per heavy atom. The molecule has 20 heavy (non-hydrogen) atoms. The summed E-state index contributed by atoms with van der Waals surface area (Å²) < 4.78 is 31.5. The molecular weight excluding hydrogens is 284 g/mol. The summed E-state index contributed by atoms with van der Waals surface area (Å²) in [6.45, 7) is 0. The molecule has 0 aliphatic carbocycles. The molecule has 2 aromatic carbocycles. The van der Waals surface area contributed by atoms with Gasteiger partial charge in [-0.2, -0.15) is 0 Å². The molecule has 0 saturated heterocycles. The highest BCUT2D eigenvalue weighted by molar-refractivity contribution is 6.30. The molecular formula is C15H14ClF2NO. The molecule has 0 fully saturated rings. The van der Waals surface area contributed by atoms with Gasteiger partial charge < -0.3 is 10.5 Å². The van der Waals surface area contributed by atoms with E-state index in [0.717, 1.165) is 5.56 Å². The Balaban J connectivity index is 2.17. The summed E-state index contributed by atoms with van der Waals surface area (Å²) in [7, 11) is 1.40. The van der Waals surface area contributed by atoms with Crippen molar-refractivity contribution in [2.45, 2.75) is 12.5 Å². The monoisotopic (exact) mass is 297 g/mol. The van der Waals surface area contributed by atoms with Crippen molar-refractivity contribution in [1.82, 2.24) is 0 Å². The van der Waals surface area contributed by atoms with Crippen LogP contribution in [0.4, 0.5) is 8.78 Å². The van der Waals surface area contributed by atoms with Gasteiger partial charge in [0, 0.05) is 6.04 Å². The Morgan fingerprint density at radius 2 is 1.90 bits per heavy atom. The predicted molar refractivity (Wildman–Crippen MR) is 75.0 cm³/mol. The minimum absolute atomic E-state index is 0.0515. The fraction of sp³-hybridized carbons (Fsp3) is 0.200. The first kappa shape index (κ1) is 14.8. The van der Waals surface area contributed by atoms with Gasteiger partial charge in [0.15, 0.2) is 11.6 Å². The van der Waals surface area contributed by atoms with E-state index in [1.807, 2.05) is 0 Å². The second-order valence-corrected chi connectivity index (χ2v) is 4.86. The minimum Gasteiger partial charge on any atom is -0.494 e. The van der Waals surface area contributed by atoms with Crippen LogP contribution in [0.1, 0.15) is 17.2 Å². The third-order valence-corrected chi connectivity index (χ3v) is 3.33. The van der Waals surface area contributed by atoms with Crippen molar-refractivity contribution >= 4 is 11.6 Å². The first-order valence-electron chi connectivity index (χ1n) is 6.04. The first-order valence-corrected chi connectivity index (χ1v) is 6.42. The first-order chi connectivity index (χ1) is 9.51. The fourth-order valence-corrected chi connectivity index (χ4v) is 2.15. The van der Waals surface area contributed by atoms with E-state index in [2.05, 4.69) is 0 Å². The van der Waals surface area contributed by atoms with Gasteiger partial charge in [0.1, 0.15) is 5.82 Å². The largest absolute Gasteiger partial charge is 0.494 e. The lowest BCUT2D eigenvalue weighted by Gasteiger charge is -2.13. The number of ether oxygens (including phenoxy) is 1. The fourth-order valence-electron chi connectivity index (χ4n) is 1.95. The normalized spacial score (nSPS) is 12.2. The van der Waals surface area contributed by atoms with Gasteiger partial charge in [-0.1, -0.05) is 23.7 Å². The molecule has 2 nitrogen and oxygen atoms in total. The predicted octanol–water partition coefficient (Wildman–Crippen LogP) is 3.87. The molecule has 0 radical (unpaired) electrons. The number of nitrogens with two attached hydrogens (primary N) is 1. The molecule has 2 rings (SSSR count). The van der Waals surface area contributed by atoms with Crippen molar-refractivity contribution in [1.29, 1.82) is 0 Å². The number of methoxy groups -OCH3 is 1. The van der Waals surface area contributed by atoms with Crippen LogP contribution in [0, 0.1) is 11.6 Å². The highest BCUT2D eigenvalue weighted by Crippen LogP contribution is 2.24. The van der Waals surface area contributed by atoms with Crippen LogP contribution in [0.2, 0.25) is 5.02 Å². The summed E-state index contributed by atoms with van der Waals surface area (Å²) in [5.74, 6) is -0.761. The van der Waals surface area contributed by atoms with Gasteiger partial charge in [-0.15, -0.1) is 0 Å². The Morgan fingerprint density at radius 3 is 2.50 bits per heavy atom. The van der Waals surface area contributed by atoms with Gasteiger partial charge >= 0.3 is 0 Å². The Bertz CT molecular complexity index is 619. The van der Waals surface area contributed by atoms with Gasteiger partial charge in [-0.25, -0.2) is 8.78 Å². The molecule has 0 heterocycles. The van der Waals surface area contributed by atoms with E-state index in [4.69, 9.17) is 22.1 Å². The standard InChI is InChI=1S/C15H14ClF2NO/c1-20-15-5-3-10(8-13(15)18)14(19)7-9-2-4-12(17)11(16)6-9/h2-6,8,14H,7,19H2,1H3. The van der Waals surface area contributed by atoms with E-state index in [-0.39, 0.29) is 10.8 Å². The molecule has 0 aliphatic rings. The third kappa shape index (κ3) is 3.26. The van der Waals surface area contributed by atoms with Gasteiger partial charge in [0.05, 0.1) is 12.1 Å². The molecule has 0 aromatic heterocycles. The van der Waals surface area contributed by atoms with Crippen LogP contribution in [0.5, 0.6) is 5.75 Å². The van der Waals surface area contributed by atoms with E-state index in [9.17, 15) is 8.78 Å². The highest BCUT2D eigenvalue weighted by atomic mass is 35.5. The summed E-state index contributed by atoms with van der Waals surface area (Å²) in [6, 6.07) is 8.60. The number of hydrogen-bond acceptors (Lipinski definition) is 2. The summed E-state index contributed by atoms with van der Waals surface area (Å²) >= 11 is 5.72. The van der Waals surface area contributed by atoms with E-state index < -0.39 is 17.7 Å². The topological polar surface area (TPSA) is 35.2 Å². The molecule has 0 saturated carbocycles. The average molecular weight is 298 g/mol. The van der Waals surface area contributed by atoms with Crippen LogP contribution in [0.15, 0.2) is 36.4 Å². The maximum absolute atomic E-state index is 13.6. The summed E-state index contributed by atoms with van der Waals surface area (Å²) in [5, 5.41) is 0.0515. The SMILES string of the molecule is COc1ccc(C(N)Cc2ccc(F)c(Cl)c2)cc1F. The summed E-state index contributed by atoms with van der Waals surface area (Å²) in [6.07, 6.45) is 0.436. The second kappa shape index (κ2) is 6.20. The molecule has 2 aromatic rings. The lowest BCUT2D eigenvalue weighted by molar-refractivity contribution is 0.386. The Kier molecular flexibility index (Phi) is 4.57. The third-order valence-electron chi connectivity index (χ3n) is 3.04. The second-order valence-electron chi connectivity index (χ2n) is 4.45. The molecule has 0 spiro atoms. The molecule has 1 atom stereocenters. The van der Waals surface area contributed by atoms with Crippen LogP contribution >= 0.6 is 11.6 Å². The molecule has 0 amide bonds. The number of rotatable bonds is 4. The Labute approximate surface area is 121 Å². The van der Waals surface area contributed by atoms with Crippen LogP contribution in [-0.2, 0) is 6.42 Å². The van der Waals surface area contributed by atoms with Gasteiger partial charge in [0.2, 0.25) is 0 Å². The number of halogens is 3. The molecule has 2 N–H and O–H groups in total. The maximum Gasteiger partial charge on any atom is 0.165 e. The van der Waals surface area contributed by atoms with E-state index in [0.29, 0.717) is 12.0 Å². The lowest BCUT2D eigenvalue weighted by Crippen LogP contribution is -2.13. The minimum atomic E-state index is -0.473. The van der Waals surface area contributed by atoms with Crippen molar-refractivity contribution in [3.8, 4) is 5.75 Å². The van der Waals surface area contributed by atoms with Gasteiger partial charge in [-0.05, 0) is 41.8 Å². The average Bonchev–Trinajstić information content (AvgIpc) is 2.42. The van der Waals surface area contributed by atoms with E-state index in [1.54, 1.807) is 12.1 Å². The zero-order valence-electron chi connectivity index (χ0n) is 10.9. The molecule has 0 bridgehead atoms. The van der Waals surface area contributed by atoms with Gasteiger partial charge in [0.25, 0.3) is 0 Å². The molecule has 1 unspecified atom stereocenters. The van der Waals surface area contributed by atoms with Crippen molar-refractivity contribution in [2.75, 3.05) is 7.11 Å². The lowest BCUT2D eigenvalue weighted by atomic mass is 9.99. The number of benzene rings is 2. The summed E-state index contributed by atoms with van der Waals surface area (Å²) in [4.78, 5) is 0. The molecule has 0 aliphatic heterocycles. The molecule has 5 heteroatoms. The van der Waals surface area contributed by atoms with Crippen LogP contribution in [-0.4, -0.2) is 7.11 Å². The van der Waals surface area contributed by atoms with Crippen molar-refractivity contribution in [3.05, 3.63) is 64.2 Å². The van der Waals surface area contributed by atoms with Crippen molar-refractivity contribution in [2.24, 2.45) is 5.73 Å². The van der Waals surface area contributed by atoms with Crippen molar-refractivity contribution in [3.63, 3.8) is 0 Å². The van der Waals surface area contributed by atoms with Crippen LogP contribution in [0.25, 0.3) is 0 Å². The maximum atomic E-state index is 13.6. The van der Waals surface area contributed by atoms with Crippen molar-refractivity contribution < 1.29 is 13.5 Å². The quantitative estimate of drug-likeness (QED) is 0.930.